The smallest absolute Gasteiger partial charge is 0.244 e. The number of hydrogen-bond acceptors (Lipinski definition) is 8. The van der Waals surface area contributed by atoms with Gasteiger partial charge in [-0.1, -0.05) is 0 Å². The van der Waals surface area contributed by atoms with Crippen molar-refractivity contribution in [1.82, 2.24) is 15.1 Å². The van der Waals surface area contributed by atoms with Crippen LogP contribution in [0.3, 0.4) is 0 Å². The molecule has 10 nitrogen and oxygen atoms in total. The number of aliphatic hydroxyl groups is 1. The highest BCUT2D eigenvalue weighted by atomic mass is 32.2. The van der Waals surface area contributed by atoms with Crippen LogP contribution in [0.25, 0.3) is 0 Å². The monoisotopic (exact) mass is 560 g/mol. The molecule has 1 spiro atoms. The lowest BCUT2D eigenvalue weighted by molar-refractivity contribution is -0.139. The number of carbonyl (C=O) groups excluding carboxylic acids is 3. The van der Waals surface area contributed by atoms with Crippen molar-refractivity contribution in [3.8, 4) is 5.75 Å². The van der Waals surface area contributed by atoms with E-state index in [0.717, 1.165) is 31.8 Å². The highest BCUT2D eigenvalue weighted by Crippen LogP contribution is 2.71. The molecule has 5 atom stereocenters. The van der Waals surface area contributed by atoms with Gasteiger partial charge < -0.3 is 30.1 Å². The lowest BCUT2D eigenvalue weighted by atomic mass is 9.66. The Morgan fingerprint density at radius 3 is 2.59 bits per heavy atom. The molecule has 4 saturated heterocycles. The molecule has 0 aliphatic carbocycles. The van der Waals surface area contributed by atoms with Crippen molar-refractivity contribution in [3.63, 3.8) is 0 Å². The molecule has 3 N–H and O–H groups in total. The maximum atomic E-state index is 14.0. The van der Waals surface area contributed by atoms with Crippen molar-refractivity contribution in [2.45, 2.75) is 48.6 Å². The Morgan fingerprint density at radius 1 is 1.15 bits per heavy atom. The molecule has 0 saturated carbocycles. The van der Waals surface area contributed by atoms with Crippen LogP contribution < -0.4 is 15.4 Å². The minimum atomic E-state index is -0.665. The molecule has 39 heavy (non-hydrogen) atoms. The van der Waals surface area contributed by atoms with Gasteiger partial charge in [0.25, 0.3) is 0 Å². The predicted molar refractivity (Wildman–Crippen MR) is 149 cm³/mol. The Labute approximate surface area is 234 Å². The van der Waals surface area contributed by atoms with Crippen LogP contribution in [0.5, 0.6) is 5.75 Å². The molecule has 4 fully saturated rings. The van der Waals surface area contributed by atoms with Crippen LogP contribution in [0.15, 0.2) is 24.3 Å². The number of fused-ring (bicyclic) bond motifs is 1. The molecule has 2 unspecified atom stereocenters. The quantitative estimate of drug-likeness (QED) is 0.371. The van der Waals surface area contributed by atoms with E-state index in [9.17, 15) is 19.5 Å². The minimum absolute atomic E-state index is 0.0701. The Kier molecular flexibility index (Phi) is 8.42. The van der Waals surface area contributed by atoms with Crippen molar-refractivity contribution >= 4 is 35.2 Å². The zero-order chi connectivity index (χ0) is 27.6. The maximum absolute atomic E-state index is 14.0. The lowest BCUT2D eigenvalue weighted by Gasteiger charge is -2.35. The second-order valence-corrected chi connectivity index (χ2v) is 12.9. The third-order valence-corrected chi connectivity index (χ3v) is 10.6. The summed E-state index contributed by atoms with van der Waals surface area (Å²) < 4.78 is 9.81. The first-order valence-corrected chi connectivity index (χ1v) is 14.9. The zero-order valence-corrected chi connectivity index (χ0v) is 23.6. The highest BCUT2D eigenvalue weighted by molar-refractivity contribution is 8.02. The topological polar surface area (TPSA) is 120 Å². The normalized spacial score (nSPS) is 31.8. The second-order valence-electron chi connectivity index (χ2n) is 11.0. The van der Waals surface area contributed by atoms with Crippen LogP contribution in [-0.4, -0.2) is 107 Å². The summed E-state index contributed by atoms with van der Waals surface area (Å²) in [6, 6.07) is 6.56. The number of ether oxygens (including phenoxy) is 2. The zero-order valence-electron chi connectivity index (χ0n) is 22.8. The average Bonchev–Trinajstić information content (AvgIpc) is 3.49. The minimum Gasteiger partial charge on any atom is -0.494 e. The third kappa shape index (κ3) is 5.26. The number of rotatable bonds is 11. The number of thioether (sulfide) groups is 1. The molecule has 11 heteroatoms. The van der Waals surface area contributed by atoms with Crippen LogP contribution >= 0.6 is 11.8 Å². The number of likely N-dealkylation sites (tertiary alicyclic amines) is 1. The van der Waals surface area contributed by atoms with Gasteiger partial charge in [-0.05, 0) is 57.4 Å². The van der Waals surface area contributed by atoms with E-state index in [1.54, 1.807) is 28.8 Å². The summed E-state index contributed by atoms with van der Waals surface area (Å²) in [6.07, 6.45) is 1.85. The van der Waals surface area contributed by atoms with Crippen molar-refractivity contribution in [1.29, 1.82) is 0 Å². The van der Waals surface area contributed by atoms with E-state index < -0.39 is 27.4 Å². The molecule has 0 aromatic heterocycles. The second kappa shape index (κ2) is 11.6. The number of anilines is 1. The van der Waals surface area contributed by atoms with Gasteiger partial charge in [0.15, 0.2) is 0 Å². The summed E-state index contributed by atoms with van der Waals surface area (Å²) in [7, 11) is 0. The van der Waals surface area contributed by atoms with E-state index >= 15 is 0 Å². The van der Waals surface area contributed by atoms with Gasteiger partial charge in [0.05, 0.1) is 36.4 Å². The van der Waals surface area contributed by atoms with Crippen molar-refractivity contribution in [2.24, 2.45) is 11.8 Å². The molecular weight excluding hydrogens is 520 g/mol. The molecule has 0 radical (unpaired) electrons. The van der Waals surface area contributed by atoms with E-state index in [1.165, 1.54) is 0 Å². The number of carbonyl (C=O) groups is 3. The molecule has 5 rings (SSSR count). The van der Waals surface area contributed by atoms with Gasteiger partial charge in [-0.2, -0.15) is 0 Å². The Bertz CT molecular complexity index is 1070. The van der Waals surface area contributed by atoms with E-state index in [4.69, 9.17) is 9.47 Å². The fourth-order valence-electron chi connectivity index (χ4n) is 6.89. The number of nitrogens with zero attached hydrogens (tertiary/aromatic N) is 2. The number of morpholine rings is 1. The van der Waals surface area contributed by atoms with Gasteiger partial charge >= 0.3 is 0 Å². The molecule has 1 aromatic rings. The lowest BCUT2D eigenvalue weighted by Crippen LogP contribution is -2.54. The molecule has 4 aliphatic rings. The molecular formula is C28H40N4O6S. The number of aliphatic hydroxyl groups excluding tert-OH is 1. The van der Waals surface area contributed by atoms with Crippen molar-refractivity contribution in [3.05, 3.63) is 24.3 Å². The molecule has 214 valence electrons. The highest BCUT2D eigenvalue weighted by Gasteiger charge is 2.77. The van der Waals surface area contributed by atoms with Gasteiger partial charge in [0, 0.05) is 49.8 Å². The first-order chi connectivity index (χ1) is 18.8. The van der Waals surface area contributed by atoms with Gasteiger partial charge in [-0.15, -0.1) is 11.8 Å². The molecule has 1 aromatic carbocycles. The SMILES string of the molecule is CCOc1ccc(NC(=O)[C@H]2[C@H]3C(=O)N(CCCO)C(C(=O)NCCN4CCOCC4)C34CC[C@]2(C)S4)cc1. The third-order valence-electron chi connectivity index (χ3n) is 8.63. The molecule has 4 heterocycles. The first-order valence-electron chi connectivity index (χ1n) is 14.1. The van der Waals surface area contributed by atoms with E-state index in [0.29, 0.717) is 51.4 Å². The van der Waals surface area contributed by atoms with Gasteiger partial charge in [-0.3, -0.25) is 19.3 Å². The Balaban J connectivity index is 1.35. The molecule has 2 bridgehead atoms. The largest absolute Gasteiger partial charge is 0.494 e. The fraction of sp³-hybridized carbons (Fsp3) is 0.679. The number of amides is 3. The summed E-state index contributed by atoms with van der Waals surface area (Å²) in [6.45, 7) is 9.04. The van der Waals surface area contributed by atoms with Gasteiger partial charge in [0.1, 0.15) is 11.8 Å². The maximum Gasteiger partial charge on any atom is 0.244 e. The summed E-state index contributed by atoms with van der Waals surface area (Å²) in [5.74, 6) is -0.925. The summed E-state index contributed by atoms with van der Waals surface area (Å²) in [4.78, 5) is 45.4. The Hall–Kier alpha value is -2.34. The van der Waals surface area contributed by atoms with Crippen LogP contribution in [-0.2, 0) is 19.1 Å². The van der Waals surface area contributed by atoms with Crippen molar-refractivity contribution in [2.75, 3.05) is 64.5 Å². The summed E-state index contributed by atoms with van der Waals surface area (Å²) in [5.41, 5.74) is 0.647. The Morgan fingerprint density at radius 2 is 1.90 bits per heavy atom. The predicted octanol–water partition coefficient (Wildman–Crippen LogP) is 1.34. The standard InChI is InChI=1S/C28H40N4O6S/c1-3-38-20-7-5-19(6-8-20)30-24(34)21-22-26(36)32(12-4-16-33)23(28(22)10-9-27(21,2)39-28)25(35)29-11-13-31-14-17-37-18-15-31/h5-8,21-23,33H,3-4,9-18H2,1-2H3,(H,29,35)(H,30,34)/t21-,22+,23?,27+,28?/m1/s1. The van der Waals surface area contributed by atoms with E-state index in [-0.39, 0.29) is 24.3 Å². The number of benzene rings is 1. The molecule has 3 amide bonds. The van der Waals surface area contributed by atoms with Crippen LogP contribution in [0, 0.1) is 11.8 Å². The van der Waals surface area contributed by atoms with E-state index in [2.05, 4.69) is 22.5 Å². The summed E-state index contributed by atoms with van der Waals surface area (Å²) >= 11 is 1.65. The van der Waals surface area contributed by atoms with Crippen LogP contribution in [0.4, 0.5) is 5.69 Å². The number of nitrogens with one attached hydrogen (secondary N) is 2. The van der Waals surface area contributed by atoms with Crippen LogP contribution in [0.1, 0.15) is 33.1 Å². The van der Waals surface area contributed by atoms with Gasteiger partial charge in [0.2, 0.25) is 17.7 Å². The van der Waals surface area contributed by atoms with Gasteiger partial charge in [-0.25, -0.2) is 0 Å². The van der Waals surface area contributed by atoms with Crippen LogP contribution in [0.2, 0.25) is 0 Å². The average molecular weight is 561 g/mol. The molecule has 4 aliphatic heterocycles. The van der Waals surface area contributed by atoms with Crippen molar-refractivity contribution < 1.29 is 29.0 Å². The van der Waals surface area contributed by atoms with E-state index in [1.807, 2.05) is 19.1 Å². The number of hydrogen-bond donors (Lipinski definition) is 3. The first kappa shape index (κ1) is 28.2. The fourth-order valence-corrected chi connectivity index (χ4v) is 9.24. The summed E-state index contributed by atoms with van der Waals surface area (Å²) in [5, 5.41) is 15.7.